The third-order valence-electron chi connectivity index (χ3n) is 10.1. The number of aliphatic hydroxyl groups is 4. The topological polar surface area (TPSA) is 283 Å². The van der Waals surface area contributed by atoms with Crippen molar-refractivity contribution in [1.29, 1.82) is 0 Å². The number of likely N-dealkylation sites (N-methyl/N-ethyl adjacent to an activating group) is 1. The number of carbonyl (C=O) groups excluding carboxylic acids is 5. The summed E-state index contributed by atoms with van der Waals surface area (Å²) >= 11 is 0. The van der Waals surface area contributed by atoms with Crippen LogP contribution in [0.15, 0.2) is 12.0 Å². The molecule has 5 amide bonds. The van der Waals surface area contributed by atoms with Crippen LogP contribution in [0.5, 0.6) is 0 Å². The molecule has 0 aromatic carbocycles. The number of alkyl halides is 1. The van der Waals surface area contributed by atoms with E-state index >= 15 is 0 Å². The number of allylic oxidation sites excluding steroid dienone is 1. The molecule has 11 atom stereocenters. The Kier molecular flexibility index (Phi) is 19.4. The molecule has 23 heteroatoms. The van der Waals surface area contributed by atoms with E-state index in [0.29, 0.717) is 12.8 Å². The van der Waals surface area contributed by atoms with Crippen LogP contribution in [0.2, 0.25) is 0 Å². The van der Waals surface area contributed by atoms with Crippen LogP contribution in [0.1, 0.15) is 109 Å². The Balaban J connectivity index is 2.03. The molecule has 0 radical (unpaired) electrons. The van der Waals surface area contributed by atoms with Crippen LogP contribution in [-0.2, 0) is 42.7 Å². The summed E-state index contributed by atoms with van der Waals surface area (Å²) < 4.78 is 59.9. The van der Waals surface area contributed by atoms with Crippen LogP contribution in [0.25, 0.3) is 0 Å². The third kappa shape index (κ3) is 18.2. The normalized spacial score (nSPS) is 28.6. The molecule has 22 nitrogen and oxygen atoms in total. The molecule has 1 saturated heterocycles. The quantitative estimate of drug-likeness (QED) is 0.123. The summed E-state index contributed by atoms with van der Waals surface area (Å²) in [6, 6.07) is -4.00. The van der Waals surface area contributed by atoms with E-state index < -0.39 is 139 Å². The Morgan fingerprint density at radius 1 is 0.836 bits per heavy atom. The van der Waals surface area contributed by atoms with Crippen molar-refractivity contribution in [2.24, 2.45) is 0 Å². The number of nitrogens with one attached hydrogen (secondary N) is 3. The monoisotopic (exact) mass is 966 g/mol. The summed E-state index contributed by atoms with van der Waals surface area (Å²) in [7, 11) is 1.30. The molecule has 5 unspecified atom stereocenters. The Labute approximate surface area is 392 Å². The molecule has 2 aliphatic heterocycles. The summed E-state index contributed by atoms with van der Waals surface area (Å²) in [6.45, 7) is 18.7. The van der Waals surface area contributed by atoms with Gasteiger partial charge in [-0.1, -0.05) is 0 Å². The van der Waals surface area contributed by atoms with E-state index in [1.807, 2.05) is 0 Å². The summed E-state index contributed by atoms with van der Waals surface area (Å²) in [5.74, 6) is -1.20. The number of hydrogen-bond donors (Lipinski definition) is 7. The molecule has 2 fully saturated rings. The van der Waals surface area contributed by atoms with Crippen molar-refractivity contribution in [3.8, 4) is 0 Å². The summed E-state index contributed by atoms with van der Waals surface area (Å²) in [4.78, 5) is 67.7. The lowest BCUT2D eigenvalue weighted by atomic mass is 9.83. The first kappa shape index (κ1) is 56.9. The smallest absolute Gasteiger partial charge is 0.410 e. The van der Waals surface area contributed by atoms with Gasteiger partial charge in [-0.25, -0.2) is 23.6 Å². The first-order valence-corrected chi connectivity index (χ1v) is 22.4. The van der Waals surface area contributed by atoms with Gasteiger partial charge in [0.25, 0.3) is 11.9 Å². The second-order valence-electron chi connectivity index (χ2n) is 21.2. The molecule has 3 aliphatic rings. The van der Waals surface area contributed by atoms with Crippen molar-refractivity contribution in [3.63, 3.8) is 0 Å². The van der Waals surface area contributed by atoms with Gasteiger partial charge in [0, 0.05) is 7.05 Å². The fourth-order valence-corrected chi connectivity index (χ4v) is 7.39. The van der Waals surface area contributed by atoms with Gasteiger partial charge in [-0.05, 0) is 115 Å². The van der Waals surface area contributed by atoms with Gasteiger partial charge in [0.05, 0.1) is 44.4 Å². The van der Waals surface area contributed by atoms with E-state index in [9.17, 15) is 48.8 Å². The van der Waals surface area contributed by atoms with Crippen molar-refractivity contribution in [1.82, 2.24) is 25.8 Å². The molecule has 2 heterocycles. The summed E-state index contributed by atoms with van der Waals surface area (Å²) in [6.07, 6.45) is -12.7. The highest BCUT2D eigenvalue weighted by Crippen LogP contribution is 2.35. The SMILES string of the molecule is CN(C(=O)OC(C)(C)C)[C@@H]1C(O)[C@@H](OC2C(O)C(OC3=CCC[C@@H](CN(CCF)C(=O)OC(C)(C)C)O3)[C@@H](NC(=O)OC(C)(C)C)C[C@H]2NC(=O)[C@@H](O)CNC(=O)OC(C)(C)C)OCC1(C)O. The highest BCUT2D eigenvalue weighted by Gasteiger charge is 2.55. The molecule has 0 aromatic rings. The highest BCUT2D eigenvalue weighted by molar-refractivity contribution is 5.82. The maximum Gasteiger partial charge on any atom is 0.410 e. The zero-order chi connectivity index (χ0) is 51.0. The molecule has 0 spiro atoms. The number of halogens is 1. The van der Waals surface area contributed by atoms with E-state index in [1.165, 1.54) is 14.0 Å². The fraction of sp³-hybridized carbons (Fsp3) is 0.841. The zero-order valence-electron chi connectivity index (χ0n) is 41.4. The van der Waals surface area contributed by atoms with E-state index in [0.717, 1.165) is 9.80 Å². The number of aliphatic hydroxyl groups excluding tert-OH is 3. The molecule has 386 valence electrons. The minimum Gasteiger partial charge on any atom is -0.460 e. The van der Waals surface area contributed by atoms with Gasteiger partial charge in [0.2, 0.25) is 0 Å². The lowest BCUT2D eigenvalue weighted by Gasteiger charge is -2.50. The molecule has 0 bridgehead atoms. The van der Waals surface area contributed by atoms with E-state index in [4.69, 9.17) is 37.9 Å². The predicted octanol–water partition coefficient (Wildman–Crippen LogP) is 2.72. The van der Waals surface area contributed by atoms with Crippen LogP contribution in [-0.4, -0.2) is 190 Å². The van der Waals surface area contributed by atoms with Crippen LogP contribution in [0, 0.1) is 0 Å². The minimum atomic E-state index is -1.88. The standard InChI is InChI=1S/C44H76FN5O17/c1-40(2,3)64-36(55)46-21-27(51)34(54)47-25-20-26(48-37(56)65-41(4,5)6)31(62-28-17-15-16-24(61-28)22-50(19-18-45)39(58)67-43(10,11)12)29(52)32(25)63-35-30(53)33(44(13,59)23-60-35)49(14)38(57)66-42(7,8)9/h17,24-27,29-33,35,51-53,59H,15-16,18-23H2,1-14H3,(H,46,55)(H,47,54)(H,48,56)/t24-,25+,26-,27-,29?,30?,31?,32?,33+,35+,44?/m0/s1. The van der Waals surface area contributed by atoms with Gasteiger partial charge >= 0.3 is 24.4 Å². The lowest BCUT2D eigenvalue weighted by Crippen LogP contribution is -2.70. The van der Waals surface area contributed by atoms with Crippen LogP contribution in [0.4, 0.5) is 23.6 Å². The Morgan fingerprint density at radius 2 is 1.39 bits per heavy atom. The summed E-state index contributed by atoms with van der Waals surface area (Å²) in [5, 5.41) is 54.0. The average Bonchev–Trinajstić information content (AvgIpc) is 3.14. The number of rotatable bonds is 14. The van der Waals surface area contributed by atoms with Gasteiger partial charge < -0.3 is 84.1 Å². The Bertz CT molecular complexity index is 1720. The number of nitrogens with zero attached hydrogens (tertiary/aromatic N) is 2. The number of amides is 5. The first-order valence-electron chi connectivity index (χ1n) is 22.4. The number of ether oxygens (including phenoxy) is 8. The minimum absolute atomic E-state index is 0.100. The van der Waals surface area contributed by atoms with E-state index in [1.54, 1.807) is 89.2 Å². The Hall–Kier alpha value is -4.42. The molecule has 1 saturated carbocycles. The lowest BCUT2D eigenvalue weighted by molar-refractivity contribution is -0.307. The summed E-state index contributed by atoms with van der Waals surface area (Å²) in [5.41, 5.74) is -5.55. The molecule has 7 N–H and O–H groups in total. The third-order valence-corrected chi connectivity index (χ3v) is 10.1. The average molecular weight is 966 g/mol. The fourth-order valence-electron chi connectivity index (χ4n) is 7.39. The van der Waals surface area contributed by atoms with Gasteiger partial charge in [0.15, 0.2) is 12.4 Å². The number of carbonyl (C=O) groups is 5. The van der Waals surface area contributed by atoms with Crippen LogP contribution in [0.3, 0.4) is 0 Å². The van der Waals surface area contributed by atoms with E-state index in [-0.39, 0.29) is 25.5 Å². The Morgan fingerprint density at radius 3 is 1.96 bits per heavy atom. The number of hydrogen-bond acceptors (Lipinski definition) is 17. The molecule has 67 heavy (non-hydrogen) atoms. The highest BCUT2D eigenvalue weighted by atomic mass is 19.1. The van der Waals surface area contributed by atoms with Crippen molar-refractivity contribution in [3.05, 3.63) is 12.0 Å². The molecule has 0 aromatic heterocycles. The van der Waals surface area contributed by atoms with Gasteiger partial charge in [-0.15, -0.1) is 0 Å². The molecular weight excluding hydrogens is 889 g/mol. The van der Waals surface area contributed by atoms with Gasteiger partial charge in [-0.2, -0.15) is 0 Å². The van der Waals surface area contributed by atoms with Crippen LogP contribution < -0.4 is 16.0 Å². The van der Waals surface area contributed by atoms with Crippen molar-refractivity contribution in [2.75, 3.05) is 40.0 Å². The van der Waals surface area contributed by atoms with Crippen molar-refractivity contribution in [2.45, 2.75) is 198 Å². The maximum absolute atomic E-state index is 13.6. The number of alkyl carbamates (subject to hydrolysis) is 2. The second kappa shape index (κ2) is 22.8. The second-order valence-corrected chi connectivity index (χ2v) is 21.2. The molecule has 3 rings (SSSR count). The predicted molar refractivity (Wildman–Crippen MR) is 236 cm³/mol. The zero-order valence-corrected chi connectivity index (χ0v) is 41.4. The van der Waals surface area contributed by atoms with Crippen molar-refractivity contribution < 1.29 is 86.7 Å². The maximum atomic E-state index is 13.6. The van der Waals surface area contributed by atoms with Crippen molar-refractivity contribution >= 4 is 30.3 Å². The van der Waals surface area contributed by atoms with Gasteiger partial charge in [0.1, 0.15) is 65.2 Å². The van der Waals surface area contributed by atoms with E-state index in [2.05, 4.69) is 16.0 Å². The van der Waals surface area contributed by atoms with Gasteiger partial charge in [-0.3, -0.25) is 4.79 Å². The first-order chi connectivity index (χ1) is 30.6. The molecule has 1 aliphatic carbocycles. The molecular formula is C44H76FN5O17. The van der Waals surface area contributed by atoms with Crippen LogP contribution >= 0.6 is 0 Å². The largest absolute Gasteiger partial charge is 0.460 e.